The van der Waals surface area contributed by atoms with Crippen molar-refractivity contribution in [2.75, 3.05) is 5.32 Å². The Balaban J connectivity index is 1.81. The number of hydrogen-bond acceptors (Lipinski definition) is 1. The van der Waals surface area contributed by atoms with E-state index in [-0.39, 0.29) is 5.91 Å². The molecule has 4 rings (SSSR count). The molecule has 2 heterocycles. The predicted molar refractivity (Wildman–Crippen MR) is 108 cm³/mol. The number of fused-ring (bicyclic) bond motifs is 1. The van der Waals surface area contributed by atoms with E-state index in [0.29, 0.717) is 10.6 Å². The molecular weight excluding hydrogens is 344 g/mol. The number of aromatic nitrogens is 1. The molecule has 0 bridgehead atoms. The maximum atomic E-state index is 12.4. The van der Waals surface area contributed by atoms with Gasteiger partial charge < -0.3 is 9.88 Å². The van der Waals surface area contributed by atoms with Crippen molar-refractivity contribution < 1.29 is 4.79 Å². The molecule has 26 heavy (non-hydrogen) atoms. The van der Waals surface area contributed by atoms with Gasteiger partial charge in [0.1, 0.15) is 0 Å². The summed E-state index contributed by atoms with van der Waals surface area (Å²) in [7, 11) is 0. The number of aryl methyl sites for hydroxylation is 2. The molecule has 0 fully saturated rings. The molecule has 2 aromatic carbocycles. The van der Waals surface area contributed by atoms with Gasteiger partial charge in [0, 0.05) is 33.2 Å². The first-order chi connectivity index (χ1) is 12.4. The number of amides is 1. The molecule has 0 unspecified atom stereocenters. The van der Waals surface area contributed by atoms with Crippen LogP contribution in [0.3, 0.4) is 0 Å². The van der Waals surface area contributed by atoms with Crippen LogP contribution in [0.2, 0.25) is 5.02 Å². The summed E-state index contributed by atoms with van der Waals surface area (Å²) in [4.78, 5) is 12.4. The Morgan fingerprint density at radius 3 is 2.46 bits per heavy atom. The van der Waals surface area contributed by atoms with E-state index < -0.39 is 0 Å². The fraction of sp³-hybridized carbons (Fsp3) is 0.136. The molecule has 0 saturated heterocycles. The topological polar surface area (TPSA) is 34.0 Å². The summed E-state index contributed by atoms with van der Waals surface area (Å²) in [6.45, 7) is 6.24. The van der Waals surface area contributed by atoms with Gasteiger partial charge in [-0.2, -0.15) is 0 Å². The second-order valence-corrected chi connectivity index (χ2v) is 7.14. The maximum Gasteiger partial charge on any atom is 0.256 e. The minimum atomic E-state index is -0.0950. The zero-order valence-electron chi connectivity index (χ0n) is 14.9. The predicted octanol–water partition coefficient (Wildman–Crippen LogP) is 5.55. The number of anilines is 1. The van der Waals surface area contributed by atoms with Gasteiger partial charge in [-0.25, -0.2) is 0 Å². The Hall–Kier alpha value is -2.78. The summed E-state index contributed by atoms with van der Waals surface area (Å²) in [5.41, 5.74) is 7.95. The summed E-state index contributed by atoms with van der Waals surface area (Å²) in [5.74, 6) is -0.0950. The van der Waals surface area contributed by atoms with Crippen LogP contribution >= 0.6 is 11.6 Å². The smallest absolute Gasteiger partial charge is 0.256 e. The van der Waals surface area contributed by atoms with Crippen LogP contribution in [0.5, 0.6) is 0 Å². The highest BCUT2D eigenvalue weighted by Gasteiger charge is 2.24. The normalized spacial score (nSPS) is 14.6. The van der Waals surface area contributed by atoms with Gasteiger partial charge in [-0.15, -0.1) is 0 Å². The summed E-state index contributed by atoms with van der Waals surface area (Å²) >= 11 is 6.03. The van der Waals surface area contributed by atoms with Crippen LogP contribution in [-0.4, -0.2) is 10.5 Å². The number of halogens is 1. The van der Waals surface area contributed by atoms with Gasteiger partial charge in [0.25, 0.3) is 5.91 Å². The summed E-state index contributed by atoms with van der Waals surface area (Å²) in [5, 5.41) is 3.50. The Kier molecular flexibility index (Phi) is 3.97. The average Bonchev–Trinajstić information content (AvgIpc) is 3.05. The van der Waals surface area contributed by atoms with Gasteiger partial charge in [-0.05, 0) is 62.7 Å². The molecule has 0 spiro atoms. The van der Waals surface area contributed by atoms with E-state index in [1.807, 2.05) is 18.2 Å². The lowest BCUT2D eigenvalue weighted by atomic mass is 10.0. The second-order valence-electron chi connectivity index (χ2n) is 6.70. The number of nitrogens with one attached hydrogen (secondary N) is 1. The largest absolute Gasteiger partial charge is 0.321 e. The van der Waals surface area contributed by atoms with Gasteiger partial charge in [-0.3, -0.25) is 4.79 Å². The second kappa shape index (κ2) is 6.19. The van der Waals surface area contributed by atoms with Crippen molar-refractivity contribution in [3.05, 3.63) is 81.6 Å². The minimum absolute atomic E-state index is 0.0950. The van der Waals surface area contributed by atoms with E-state index in [2.05, 4.69) is 61.0 Å². The molecule has 0 aliphatic carbocycles. The maximum absolute atomic E-state index is 12.4. The lowest BCUT2D eigenvalue weighted by Gasteiger charge is -2.10. The molecule has 0 saturated carbocycles. The molecule has 4 heteroatoms. The lowest BCUT2D eigenvalue weighted by Crippen LogP contribution is -2.03. The molecule has 1 aliphatic heterocycles. The molecule has 1 amide bonds. The van der Waals surface area contributed by atoms with Crippen LogP contribution < -0.4 is 5.32 Å². The van der Waals surface area contributed by atoms with Crippen molar-refractivity contribution in [3.8, 4) is 5.69 Å². The zero-order chi connectivity index (χ0) is 18.4. The van der Waals surface area contributed by atoms with Crippen molar-refractivity contribution >= 4 is 34.8 Å². The third-order valence-corrected chi connectivity index (χ3v) is 5.06. The van der Waals surface area contributed by atoms with Crippen LogP contribution in [0.25, 0.3) is 17.3 Å². The Labute approximate surface area is 157 Å². The minimum Gasteiger partial charge on any atom is -0.321 e. The summed E-state index contributed by atoms with van der Waals surface area (Å²) in [6.07, 6.45) is 1.96. The van der Waals surface area contributed by atoms with Crippen molar-refractivity contribution in [1.29, 1.82) is 0 Å². The highest BCUT2D eigenvalue weighted by atomic mass is 35.5. The van der Waals surface area contributed by atoms with Crippen molar-refractivity contribution in [3.63, 3.8) is 0 Å². The number of benzene rings is 2. The number of nitrogens with zero attached hydrogens (tertiary/aromatic N) is 1. The van der Waals surface area contributed by atoms with E-state index in [1.54, 1.807) is 6.07 Å². The van der Waals surface area contributed by atoms with Gasteiger partial charge in [-0.1, -0.05) is 35.4 Å². The molecule has 1 aromatic heterocycles. The molecule has 130 valence electrons. The monoisotopic (exact) mass is 362 g/mol. The van der Waals surface area contributed by atoms with Crippen molar-refractivity contribution in [1.82, 2.24) is 4.57 Å². The Morgan fingerprint density at radius 1 is 1.00 bits per heavy atom. The van der Waals surface area contributed by atoms with Crippen LogP contribution in [0.4, 0.5) is 5.69 Å². The van der Waals surface area contributed by atoms with Gasteiger partial charge in [0.2, 0.25) is 0 Å². The zero-order valence-corrected chi connectivity index (χ0v) is 15.7. The molecule has 1 N–H and O–H groups in total. The molecular formula is C22H19ClN2O. The molecule has 0 radical (unpaired) electrons. The SMILES string of the molecule is Cc1ccc(-n2c(C)cc(/C=C3/C(=O)Nc4cc(Cl)ccc43)c2C)cc1. The third kappa shape index (κ3) is 2.74. The summed E-state index contributed by atoms with van der Waals surface area (Å²) < 4.78 is 2.21. The Bertz CT molecular complexity index is 1060. The summed E-state index contributed by atoms with van der Waals surface area (Å²) in [6, 6.07) is 16.0. The van der Waals surface area contributed by atoms with E-state index >= 15 is 0 Å². The van der Waals surface area contributed by atoms with Gasteiger partial charge in [0.05, 0.1) is 5.69 Å². The molecule has 3 aromatic rings. The highest BCUT2D eigenvalue weighted by Crippen LogP contribution is 2.35. The van der Waals surface area contributed by atoms with Crippen LogP contribution in [0, 0.1) is 20.8 Å². The molecule has 3 nitrogen and oxygen atoms in total. The first-order valence-electron chi connectivity index (χ1n) is 8.53. The van der Waals surface area contributed by atoms with Crippen molar-refractivity contribution in [2.45, 2.75) is 20.8 Å². The quantitative estimate of drug-likeness (QED) is 0.596. The fourth-order valence-corrected chi connectivity index (χ4v) is 3.66. The van der Waals surface area contributed by atoms with E-state index in [9.17, 15) is 4.79 Å². The van der Waals surface area contributed by atoms with Gasteiger partial charge >= 0.3 is 0 Å². The van der Waals surface area contributed by atoms with E-state index in [1.165, 1.54) is 5.56 Å². The number of carbonyl (C=O) groups excluding carboxylic acids is 1. The Morgan fingerprint density at radius 2 is 1.73 bits per heavy atom. The molecule has 1 aliphatic rings. The van der Waals surface area contributed by atoms with Gasteiger partial charge in [0.15, 0.2) is 0 Å². The van der Waals surface area contributed by atoms with Crippen LogP contribution in [-0.2, 0) is 4.79 Å². The number of hydrogen-bond donors (Lipinski definition) is 1. The van der Waals surface area contributed by atoms with E-state index in [4.69, 9.17) is 11.6 Å². The number of rotatable bonds is 2. The fourth-order valence-electron chi connectivity index (χ4n) is 3.49. The van der Waals surface area contributed by atoms with E-state index in [0.717, 1.165) is 33.9 Å². The van der Waals surface area contributed by atoms with Crippen molar-refractivity contribution in [2.24, 2.45) is 0 Å². The molecule has 0 atom stereocenters. The van der Waals surface area contributed by atoms with Crippen LogP contribution in [0.1, 0.15) is 28.1 Å². The average molecular weight is 363 g/mol. The number of carbonyl (C=O) groups is 1. The lowest BCUT2D eigenvalue weighted by molar-refractivity contribution is -0.110. The first kappa shape index (κ1) is 16.7. The first-order valence-corrected chi connectivity index (χ1v) is 8.91. The third-order valence-electron chi connectivity index (χ3n) is 4.83. The highest BCUT2D eigenvalue weighted by molar-refractivity contribution is 6.36. The standard InChI is InChI=1S/C22H19ClN2O/c1-13-4-7-18(8-5-13)25-14(2)10-16(15(25)3)11-20-19-9-6-17(23)12-21(19)24-22(20)26/h4-12H,1-3H3,(H,24,26)/b20-11+. The van der Waals surface area contributed by atoms with Crippen LogP contribution in [0.15, 0.2) is 48.5 Å².